The molecule has 0 radical (unpaired) electrons. The Kier molecular flexibility index (Phi) is 5.23. The Morgan fingerprint density at radius 2 is 1.90 bits per heavy atom. The SMILES string of the molecule is Cc1cc(-c2ccc(F)cc2)cc([C@H]2CCCN(S(=O)(=O)c3cn(C)cn3)C2)n1. The molecule has 3 aromatic rings. The molecule has 1 aliphatic rings. The lowest BCUT2D eigenvalue weighted by Gasteiger charge is -2.31. The van der Waals surface area contributed by atoms with Crippen LogP contribution in [0.25, 0.3) is 11.1 Å². The van der Waals surface area contributed by atoms with Crippen molar-refractivity contribution >= 4 is 10.0 Å². The lowest BCUT2D eigenvalue weighted by molar-refractivity contribution is 0.312. The van der Waals surface area contributed by atoms with Gasteiger partial charge < -0.3 is 4.57 Å². The highest BCUT2D eigenvalue weighted by Crippen LogP contribution is 2.31. The Bertz CT molecular complexity index is 1130. The molecule has 0 unspecified atom stereocenters. The molecule has 1 atom stereocenters. The fourth-order valence-electron chi connectivity index (χ4n) is 3.77. The number of hydrogen-bond donors (Lipinski definition) is 0. The molecule has 6 nitrogen and oxygen atoms in total. The Labute approximate surface area is 170 Å². The van der Waals surface area contributed by atoms with Crippen molar-refractivity contribution in [2.75, 3.05) is 13.1 Å². The first kappa shape index (κ1) is 19.7. The lowest BCUT2D eigenvalue weighted by Crippen LogP contribution is -2.39. The maximum atomic E-state index is 13.3. The summed E-state index contributed by atoms with van der Waals surface area (Å²) < 4.78 is 42.3. The van der Waals surface area contributed by atoms with E-state index in [0.717, 1.165) is 35.4 Å². The first-order valence-electron chi connectivity index (χ1n) is 9.55. The van der Waals surface area contributed by atoms with Crippen molar-refractivity contribution in [2.24, 2.45) is 7.05 Å². The Balaban J connectivity index is 1.62. The molecular weight excluding hydrogens is 391 g/mol. The van der Waals surface area contributed by atoms with Gasteiger partial charge in [0.15, 0.2) is 5.03 Å². The van der Waals surface area contributed by atoms with E-state index < -0.39 is 10.0 Å². The van der Waals surface area contributed by atoms with E-state index >= 15 is 0 Å². The summed E-state index contributed by atoms with van der Waals surface area (Å²) in [5, 5.41) is 0.0739. The summed E-state index contributed by atoms with van der Waals surface area (Å²) in [6, 6.07) is 10.3. The van der Waals surface area contributed by atoms with Crippen LogP contribution in [-0.4, -0.2) is 40.3 Å². The molecule has 8 heteroatoms. The fourth-order valence-corrected chi connectivity index (χ4v) is 5.26. The third-order valence-electron chi connectivity index (χ3n) is 5.24. The highest BCUT2D eigenvalue weighted by Gasteiger charge is 2.33. The second-order valence-corrected chi connectivity index (χ2v) is 9.39. The molecule has 1 aliphatic heterocycles. The first-order valence-corrected chi connectivity index (χ1v) is 11.0. The van der Waals surface area contributed by atoms with Gasteiger partial charge in [-0.1, -0.05) is 12.1 Å². The topological polar surface area (TPSA) is 68.1 Å². The van der Waals surface area contributed by atoms with Crippen LogP contribution in [0.4, 0.5) is 4.39 Å². The molecule has 0 N–H and O–H groups in total. The molecule has 152 valence electrons. The Hall–Kier alpha value is -2.58. The number of piperidine rings is 1. The molecule has 29 heavy (non-hydrogen) atoms. The fraction of sp³-hybridized carbons (Fsp3) is 0.333. The van der Waals surface area contributed by atoms with Gasteiger partial charge in [0.25, 0.3) is 10.0 Å². The van der Waals surface area contributed by atoms with Crippen LogP contribution in [0.1, 0.15) is 30.1 Å². The summed E-state index contributed by atoms with van der Waals surface area (Å²) in [4.78, 5) is 8.70. The van der Waals surface area contributed by atoms with Crippen LogP contribution in [0.3, 0.4) is 0 Å². The molecule has 0 bridgehead atoms. The zero-order chi connectivity index (χ0) is 20.6. The number of aryl methyl sites for hydroxylation is 2. The van der Waals surface area contributed by atoms with Gasteiger partial charge >= 0.3 is 0 Å². The minimum absolute atomic E-state index is 0.00124. The van der Waals surface area contributed by atoms with Gasteiger partial charge in [0.2, 0.25) is 0 Å². The number of nitrogens with zero attached hydrogens (tertiary/aromatic N) is 4. The summed E-state index contributed by atoms with van der Waals surface area (Å²) in [7, 11) is -1.88. The molecule has 1 saturated heterocycles. The van der Waals surface area contributed by atoms with Crippen molar-refractivity contribution in [2.45, 2.75) is 30.7 Å². The number of sulfonamides is 1. The van der Waals surface area contributed by atoms with Crippen LogP contribution in [0, 0.1) is 12.7 Å². The van der Waals surface area contributed by atoms with Gasteiger partial charge in [-0.25, -0.2) is 17.8 Å². The van der Waals surface area contributed by atoms with E-state index in [2.05, 4.69) is 9.97 Å². The second-order valence-electron chi connectivity index (χ2n) is 7.51. The van der Waals surface area contributed by atoms with Gasteiger partial charge in [-0.2, -0.15) is 4.31 Å². The lowest BCUT2D eigenvalue weighted by atomic mass is 9.93. The summed E-state index contributed by atoms with van der Waals surface area (Å²) >= 11 is 0. The summed E-state index contributed by atoms with van der Waals surface area (Å²) in [6.07, 6.45) is 4.65. The standard InChI is InChI=1S/C21H23FN4O2S/c1-15-10-18(16-5-7-19(22)8-6-16)11-20(24-15)17-4-3-9-26(12-17)29(27,28)21-13-25(2)14-23-21/h5-8,10-11,13-14,17H,3-4,9,12H2,1-2H3/t17-/m0/s1. The highest BCUT2D eigenvalue weighted by molar-refractivity contribution is 7.89. The quantitative estimate of drug-likeness (QED) is 0.655. The summed E-state index contributed by atoms with van der Waals surface area (Å²) in [5.74, 6) is -0.274. The van der Waals surface area contributed by atoms with E-state index in [-0.39, 0.29) is 16.8 Å². The zero-order valence-electron chi connectivity index (χ0n) is 16.4. The van der Waals surface area contributed by atoms with E-state index in [4.69, 9.17) is 0 Å². The molecule has 0 aliphatic carbocycles. The number of imidazole rings is 1. The van der Waals surface area contributed by atoms with E-state index in [9.17, 15) is 12.8 Å². The molecule has 4 rings (SSSR count). The van der Waals surface area contributed by atoms with Crippen molar-refractivity contribution in [3.05, 3.63) is 66.1 Å². The van der Waals surface area contributed by atoms with E-state index in [0.29, 0.717) is 13.1 Å². The minimum atomic E-state index is -3.63. The van der Waals surface area contributed by atoms with E-state index in [1.165, 1.54) is 29.0 Å². The summed E-state index contributed by atoms with van der Waals surface area (Å²) in [6.45, 7) is 2.77. The average molecular weight is 415 g/mol. The predicted molar refractivity (Wildman–Crippen MR) is 108 cm³/mol. The van der Waals surface area contributed by atoms with Crippen molar-refractivity contribution in [3.8, 4) is 11.1 Å². The molecule has 1 aromatic carbocycles. The van der Waals surface area contributed by atoms with Crippen LogP contribution in [0.15, 0.2) is 53.9 Å². The highest BCUT2D eigenvalue weighted by atomic mass is 32.2. The predicted octanol–water partition coefficient (Wildman–Crippen LogP) is 3.50. The number of hydrogen-bond acceptors (Lipinski definition) is 4. The van der Waals surface area contributed by atoms with Crippen molar-refractivity contribution in [3.63, 3.8) is 0 Å². The molecule has 0 saturated carbocycles. The van der Waals surface area contributed by atoms with Gasteiger partial charge in [-0.05, 0) is 55.2 Å². The Morgan fingerprint density at radius 1 is 1.14 bits per heavy atom. The first-order chi connectivity index (χ1) is 13.8. The molecule has 3 heterocycles. The Morgan fingerprint density at radius 3 is 2.59 bits per heavy atom. The normalized spacial score (nSPS) is 18.1. The molecule has 2 aromatic heterocycles. The third kappa shape index (κ3) is 4.09. The maximum Gasteiger partial charge on any atom is 0.262 e. The van der Waals surface area contributed by atoms with Crippen molar-refractivity contribution < 1.29 is 12.8 Å². The molecular formula is C21H23FN4O2S. The van der Waals surface area contributed by atoms with E-state index in [1.807, 2.05) is 19.1 Å². The van der Waals surface area contributed by atoms with Gasteiger partial charge in [-0.15, -0.1) is 0 Å². The summed E-state index contributed by atoms with van der Waals surface area (Å²) in [5.41, 5.74) is 3.58. The number of rotatable bonds is 4. The smallest absolute Gasteiger partial charge is 0.262 e. The molecule has 0 spiro atoms. The number of benzene rings is 1. The number of halogens is 1. The van der Waals surface area contributed by atoms with Crippen LogP contribution in [0.2, 0.25) is 0 Å². The number of aromatic nitrogens is 3. The largest absolute Gasteiger partial charge is 0.339 e. The third-order valence-corrected chi connectivity index (χ3v) is 6.99. The zero-order valence-corrected chi connectivity index (χ0v) is 17.2. The number of pyridine rings is 1. The van der Waals surface area contributed by atoms with Crippen molar-refractivity contribution in [1.82, 2.24) is 18.8 Å². The van der Waals surface area contributed by atoms with Gasteiger partial charge in [0.1, 0.15) is 5.82 Å². The average Bonchev–Trinajstić information content (AvgIpc) is 3.15. The monoisotopic (exact) mass is 414 g/mol. The van der Waals surface area contributed by atoms with Gasteiger partial charge in [0.05, 0.1) is 6.33 Å². The van der Waals surface area contributed by atoms with Crippen LogP contribution in [0.5, 0.6) is 0 Å². The van der Waals surface area contributed by atoms with Gasteiger partial charge in [0, 0.05) is 43.6 Å². The molecule has 1 fully saturated rings. The maximum absolute atomic E-state index is 13.3. The van der Waals surface area contributed by atoms with Crippen molar-refractivity contribution in [1.29, 1.82) is 0 Å². The van der Waals surface area contributed by atoms with E-state index in [1.54, 1.807) is 23.7 Å². The van der Waals surface area contributed by atoms with Crippen LogP contribution in [-0.2, 0) is 17.1 Å². The minimum Gasteiger partial charge on any atom is -0.339 e. The second kappa shape index (κ2) is 7.68. The van der Waals surface area contributed by atoms with Gasteiger partial charge in [-0.3, -0.25) is 4.98 Å². The van der Waals surface area contributed by atoms with Crippen LogP contribution >= 0.6 is 0 Å². The molecule has 0 amide bonds. The van der Waals surface area contributed by atoms with Crippen LogP contribution < -0.4 is 0 Å².